The highest BCUT2D eigenvalue weighted by atomic mass is 79.9. The Bertz CT molecular complexity index is 694. The smallest absolute Gasteiger partial charge is 0.320 e. The molecule has 0 atom stereocenters. The first-order valence-corrected chi connectivity index (χ1v) is 6.67. The number of benzene rings is 1. The van der Waals surface area contributed by atoms with Gasteiger partial charge in [-0.15, -0.1) is 0 Å². The fourth-order valence-corrected chi connectivity index (χ4v) is 2.26. The normalized spacial score (nSPS) is 11.5. The number of alkyl halides is 3. The van der Waals surface area contributed by atoms with Gasteiger partial charge in [-0.05, 0) is 35.0 Å². The van der Waals surface area contributed by atoms with Gasteiger partial charge >= 0.3 is 6.18 Å². The molecule has 21 heavy (non-hydrogen) atoms. The number of para-hydroxylation sites is 1. The van der Waals surface area contributed by atoms with Crippen LogP contribution in [0.15, 0.2) is 28.7 Å². The lowest BCUT2D eigenvalue weighted by Crippen LogP contribution is -2.17. The predicted octanol–water partition coefficient (Wildman–Crippen LogP) is 3.76. The summed E-state index contributed by atoms with van der Waals surface area (Å²) in [6.45, 7) is 1.73. The first-order valence-electron chi connectivity index (χ1n) is 5.88. The van der Waals surface area contributed by atoms with Crippen LogP contribution in [0, 0.1) is 6.92 Å². The lowest BCUT2D eigenvalue weighted by atomic mass is 10.1. The van der Waals surface area contributed by atoms with Gasteiger partial charge in [0.05, 0.1) is 21.4 Å². The summed E-state index contributed by atoms with van der Waals surface area (Å²) < 4.78 is 40.5. The highest BCUT2D eigenvalue weighted by molar-refractivity contribution is 9.10. The van der Waals surface area contributed by atoms with Crippen molar-refractivity contribution >= 4 is 27.5 Å². The van der Waals surface area contributed by atoms with Gasteiger partial charge in [0.15, 0.2) is 5.69 Å². The van der Waals surface area contributed by atoms with E-state index in [1.165, 1.54) is 22.9 Å². The largest absolute Gasteiger partial charge is 0.418 e. The van der Waals surface area contributed by atoms with Gasteiger partial charge in [-0.25, -0.2) is 0 Å². The molecule has 0 aliphatic rings. The Balaban J connectivity index is 2.35. The lowest BCUT2D eigenvalue weighted by Gasteiger charge is -2.12. The van der Waals surface area contributed by atoms with Crippen LogP contribution < -0.4 is 5.32 Å². The molecule has 1 heterocycles. The molecular formula is C13H11BrF3N3O. The molecule has 2 rings (SSSR count). The van der Waals surface area contributed by atoms with Crippen LogP contribution in [0.2, 0.25) is 0 Å². The third kappa shape index (κ3) is 3.10. The second-order valence-electron chi connectivity index (χ2n) is 4.37. The van der Waals surface area contributed by atoms with Gasteiger partial charge < -0.3 is 5.32 Å². The highest BCUT2D eigenvalue weighted by Crippen LogP contribution is 2.35. The highest BCUT2D eigenvalue weighted by Gasteiger charge is 2.34. The summed E-state index contributed by atoms with van der Waals surface area (Å²) in [5.41, 5.74) is -0.469. The van der Waals surface area contributed by atoms with Crippen molar-refractivity contribution in [3.8, 4) is 0 Å². The number of hydrogen-bond acceptors (Lipinski definition) is 2. The zero-order valence-electron chi connectivity index (χ0n) is 11.1. The van der Waals surface area contributed by atoms with Crippen molar-refractivity contribution in [1.29, 1.82) is 0 Å². The maximum absolute atomic E-state index is 12.9. The first-order chi connectivity index (χ1) is 9.71. The summed E-state index contributed by atoms with van der Waals surface area (Å²) in [6.07, 6.45) is -4.54. The van der Waals surface area contributed by atoms with E-state index in [0.717, 1.165) is 6.07 Å². The van der Waals surface area contributed by atoms with E-state index in [1.54, 1.807) is 14.0 Å². The second kappa shape index (κ2) is 5.51. The number of hydrogen-bond donors (Lipinski definition) is 1. The minimum absolute atomic E-state index is 0.0342. The van der Waals surface area contributed by atoms with Crippen LogP contribution in [0.25, 0.3) is 0 Å². The number of amides is 1. The molecule has 1 N–H and O–H groups in total. The Morgan fingerprint density at radius 2 is 1.95 bits per heavy atom. The van der Waals surface area contributed by atoms with E-state index < -0.39 is 17.6 Å². The molecule has 0 saturated heterocycles. The number of carbonyl (C=O) groups is 1. The molecule has 0 aliphatic heterocycles. The van der Waals surface area contributed by atoms with Crippen LogP contribution in [0.3, 0.4) is 0 Å². The number of anilines is 1. The van der Waals surface area contributed by atoms with Gasteiger partial charge in [-0.1, -0.05) is 12.1 Å². The topological polar surface area (TPSA) is 46.9 Å². The summed E-state index contributed by atoms with van der Waals surface area (Å²) in [5.74, 6) is -0.706. The number of carbonyl (C=O) groups excluding carboxylic acids is 1. The Hall–Kier alpha value is -1.83. The van der Waals surface area contributed by atoms with E-state index in [-0.39, 0.29) is 11.4 Å². The maximum Gasteiger partial charge on any atom is 0.418 e. The lowest BCUT2D eigenvalue weighted by molar-refractivity contribution is -0.136. The van der Waals surface area contributed by atoms with Crippen molar-refractivity contribution in [2.24, 2.45) is 7.05 Å². The van der Waals surface area contributed by atoms with Crippen LogP contribution in [0.5, 0.6) is 0 Å². The predicted molar refractivity (Wildman–Crippen MR) is 75.0 cm³/mol. The van der Waals surface area contributed by atoms with E-state index in [4.69, 9.17) is 0 Å². The molecule has 0 aliphatic carbocycles. The minimum atomic E-state index is -4.54. The first kappa shape index (κ1) is 15.6. The molecule has 112 valence electrons. The van der Waals surface area contributed by atoms with Crippen LogP contribution >= 0.6 is 15.9 Å². The van der Waals surface area contributed by atoms with E-state index in [0.29, 0.717) is 10.2 Å². The van der Waals surface area contributed by atoms with Crippen molar-refractivity contribution in [1.82, 2.24) is 9.78 Å². The number of nitrogens with one attached hydrogen (secondary N) is 1. The molecule has 0 spiro atoms. The van der Waals surface area contributed by atoms with Crippen LogP contribution in [0.1, 0.15) is 21.7 Å². The van der Waals surface area contributed by atoms with E-state index >= 15 is 0 Å². The van der Waals surface area contributed by atoms with Crippen molar-refractivity contribution in [3.63, 3.8) is 0 Å². The molecule has 8 heteroatoms. The van der Waals surface area contributed by atoms with Gasteiger partial charge in [0.2, 0.25) is 0 Å². The summed E-state index contributed by atoms with van der Waals surface area (Å²) in [5, 5.41) is 6.22. The fourth-order valence-electron chi connectivity index (χ4n) is 1.75. The van der Waals surface area contributed by atoms with Gasteiger partial charge in [-0.2, -0.15) is 18.3 Å². The van der Waals surface area contributed by atoms with E-state index in [9.17, 15) is 18.0 Å². The van der Waals surface area contributed by atoms with Crippen LogP contribution in [0.4, 0.5) is 18.9 Å². The number of aromatic nitrogens is 2. The molecule has 2 aromatic rings. The molecule has 0 bridgehead atoms. The SMILES string of the molecule is Cc1c(Br)c(C(=O)Nc2ccccc2C(F)(F)F)nn1C. The molecule has 0 saturated carbocycles. The summed E-state index contributed by atoms with van der Waals surface area (Å²) in [4.78, 5) is 12.1. The van der Waals surface area contributed by atoms with Crippen molar-refractivity contribution < 1.29 is 18.0 Å². The summed E-state index contributed by atoms with van der Waals surface area (Å²) in [6, 6.07) is 4.79. The third-order valence-corrected chi connectivity index (χ3v) is 3.91. The van der Waals surface area contributed by atoms with Crippen molar-refractivity contribution in [3.05, 3.63) is 45.7 Å². The van der Waals surface area contributed by atoms with Gasteiger partial charge in [0.25, 0.3) is 5.91 Å². The Morgan fingerprint density at radius 3 is 2.48 bits per heavy atom. The monoisotopic (exact) mass is 361 g/mol. The maximum atomic E-state index is 12.9. The zero-order chi connectivity index (χ0) is 15.8. The molecule has 0 radical (unpaired) electrons. The molecule has 1 amide bonds. The summed E-state index contributed by atoms with van der Waals surface area (Å²) in [7, 11) is 1.64. The number of nitrogens with zero attached hydrogens (tertiary/aromatic N) is 2. The molecule has 4 nitrogen and oxygen atoms in total. The van der Waals surface area contributed by atoms with Crippen molar-refractivity contribution in [2.75, 3.05) is 5.32 Å². The van der Waals surface area contributed by atoms with Crippen molar-refractivity contribution in [2.45, 2.75) is 13.1 Å². The Labute approximate surface area is 127 Å². The van der Waals surface area contributed by atoms with E-state index in [1.807, 2.05) is 0 Å². The van der Waals surface area contributed by atoms with Crippen LogP contribution in [-0.4, -0.2) is 15.7 Å². The molecular weight excluding hydrogens is 351 g/mol. The second-order valence-corrected chi connectivity index (χ2v) is 5.16. The minimum Gasteiger partial charge on any atom is -0.320 e. The van der Waals surface area contributed by atoms with Crippen LogP contribution in [-0.2, 0) is 13.2 Å². The summed E-state index contributed by atoms with van der Waals surface area (Å²) >= 11 is 3.21. The van der Waals surface area contributed by atoms with Gasteiger partial charge in [0.1, 0.15) is 0 Å². The zero-order valence-corrected chi connectivity index (χ0v) is 12.7. The molecule has 0 unspecified atom stereocenters. The molecule has 1 aromatic heterocycles. The van der Waals surface area contributed by atoms with Gasteiger partial charge in [0, 0.05) is 7.05 Å². The quantitative estimate of drug-likeness (QED) is 0.884. The number of rotatable bonds is 2. The molecule has 1 aromatic carbocycles. The standard InChI is InChI=1S/C13H11BrF3N3O/c1-7-10(14)11(19-20(7)2)12(21)18-9-6-4-3-5-8(9)13(15,16)17/h3-6H,1-2H3,(H,18,21). The number of aryl methyl sites for hydroxylation is 1. The average molecular weight is 362 g/mol. The van der Waals surface area contributed by atoms with Gasteiger partial charge in [-0.3, -0.25) is 9.48 Å². The van der Waals surface area contributed by atoms with E-state index in [2.05, 4.69) is 26.3 Å². The Kier molecular flexibility index (Phi) is 4.08. The Morgan fingerprint density at radius 1 is 1.33 bits per heavy atom. The third-order valence-electron chi connectivity index (χ3n) is 2.96. The average Bonchev–Trinajstić information content (AvgIpc) is 2.66. The fraction of sp³-hybridized carbons (Fsp3) is 0.231. The molecule has 0 fully saturated rings. The number of halogens is 4.